The summed E-state index contributed by atoms with van der Waals surface area (Å²) in [5.74, 6) is 0.759. The van der Waals surface area contributed by atoms with E-state index in [4.69, 9.17) is 4.74 Å². The molecule has 3 nitrogen and oxygen atoms in total. The van der Waals surface area contributed by atoms with E-state index in [0.29, 0.717) is 6.10 Å². The summed E-state index contributed by atoms with van der Waals surface area (Å²) in [5, 5.41) is 12.6. The molecular formula is C15H31NO2. The van der Waals surface area contributed by atoms with E-state index in [1.54, 1.807) is 0 Å². The van der Waals surface area contributed by atoms with Crippen LogP contribution >= 0.6 is 0 Å². The molecule has 3 unspecified atom stereocenters. The molecule has 0 aromatic heterocycles. The largest absolute Gasteiger partial charge is 0.395 e. The van der Waals surface area contributed by atoms with Crippen LogP contribution in [0.25, 0.3) is 0 Å². The number of aliphatic hydroxyl groups is 1. The Morgan fingerprint density at radius 3 is 2.72 bits per heavy atom. The Balaban J connectivity index is 2.18. The highest BCUT2D eigenvalue weighted by molar-refractivity contribution is 4.75. The fourth-order valence-electron chi connectivity index (χ4n) is 2.83. The summed E-state index contributed by atoms with van der Waals surface area (Å²) in [5.41, 5.74) is 0. The summed E-state index contributed by atoms with van der Waals surface area (Å²) >= 11 is 0. The quantitative estimate of drug-likeness (QED) is 0.667. The van der Waals surface area contributed by atoms with E-state index in [-0.39, 0.29) is 12.6 Å². The van der Waals surface area contributed by atoms with Crippen LogP contribution in [0.15, 0.2) is 0 Å². The van der Waals surface area contributed by atoms with Gasteiger partial charge in [-0.3, -0.25) is 0 Å². The highest BCUT2D eigenvalue weighted by atomic mass is 16.5. The van der Waals surface area contributed by atoms with E-state index in [0.717, 1.165) is 31.9 Å². The van der Waals surface area contributed by atoms with Crippen molar-refractivity contribution in [2.75, 3.05) is 19.8 Å². The van der Waals surface area contributed by atoms with Crippen molar-refractivity contribution in [3.05, 3.63) is 0 Å². The molecule has 3 atom stereocenters. The number of rotatable bonds is 9. The second kappa shape index (κ2) is 9.76. The molecule has 0 spiro atoms. The van der Waals surface area contributed by atoms with Gasteiger partial charge in [-0.25, -0.2) is 0 Å². The molecule has 1 aliphatic rings. The van der Waals surface area contributed by atoms with E-state index in [2.05, 4.69) is 19.2 Å². The highest BCUT2D eigenvalue weighted by Crippen LogP contribution is 2.29. The van der Waals surface area contributed by atoms with Gasteiger partial charge in [0.2, 0.25) is 0 Å². The molecule has 0 aromatic rings. The van der Waals surface area contributed by atoms with Crippen molar-refractivity contribution in [3.8, 4) is 0 Å². The van der Waals surface area contributed by atoms with Crippen LogP contribution in [0.4, 0.5) is 0 Å². The Bertz CT molecular complexity index is 199. The second-order valence-electron chi connectivity index (χ2n) is 5.48. The summed E-state index contributed by atoms with van der Waals surface area (Å²) in [6.07, 6.45) is 8.98. The maximum Gasteiger partial charge on any atom is 0.0603 e. The number of nitrogens with one attached hydrogen (secondary N) is 1. The number of ether oxygens (including phenoxy) is 1. The first kappa shape index (κ1) is 15.9. The third kappa shape index (κ3) is 5.68. The molecule has 3 heteroatoms. The van der Waals surface area contributed by atoms with Crippen molar-refractivity contribution in [2.45, 2.75) is 70.9 Å². The summed E-state index contributed by atoms with van der Waals surface area (Å²) in [6, 6.07) is 0.202. The predicted molar refractivity (Wildman–Crippen MR) is 75.8 cm³/mol. The van der Waals surface area contributed by atoms with Crippen LogP contribution < -0.4 is 5.32 Å². The normalized spacial score (nSPS) is 26.2. The van der Waals surface area contributed by atoms with Crippen LogP contribution in [0.2, 0.25) is 0 Å². The van der Waals surface area contributed by atoms with Crippen LogP contribution in [0.5, 0.6) is 0 Å². The smallest absolute Gasteiger partial charge is 0.0603 e. The Kier molecular flexibility index (Phi) is 8.64. The molecule has 108 valence electrons. The summed E-state index contributed by atoms with van der Waals surface area (Å²) in [7, 11) is 0. The molecule has 0 amide bonds. The zero-order chi connectivity index (χ0) is 13.2. The fraction of sp³-hybridized carbons (Fsp3) is 1.00. The zero-order valence-corrected chi connectivity index (χ0v) is 12.2. The van der Waals surface area contributed by atoms with Crippen LogP contribution in [0.3, 0.4) is 0 Å². The van der Waals surface area contributed by atoms with Crippen molar-refractivity contribution in [1.82, 2.24) is 5.32 Å². The molecule has 0 heterocycles. The monoisotopic (exact) mass is 257 g/mol. The Morgan fingerprint density at radius 1 is 1.28 bits per heavy atom. The lowest BCUT2D eigenvalue weighted by Crippen LogP contribution is -2.35. The first-order valence-electron chi connectivity index (χ1n) is 7.77. The van der Waals surface area contributed by atoms with E-state index >= 15 is 0 Å². The highest BCUT2D eigenvalue weighted by Gasteiger charge is 2.24. The molecule has 0 aliphatic heterocycles. The predicted octanol–water partition coefficient (Wildman–Crippen LogP) is 2.72. The third-order valence-electron chi connectivity index (χ3n) is 4.07. The summed E-state index contributed by atoms with van der Waals surface area (Å²) < 4.78 is 6.05. The first-order valence-corrected chi connectivity index (χ1v) is 7.77. The van der Waals surface area contributed by atoms with Gasteiger partial charge in [-0.1, -0.05) is 33.1 Å². The minimum absolute atomic E-state index is 0.202. The minimum atomic E-state index is 0.202. The van der Waals surface area contributed by atoms with E-state index in [1.165, 1.54) is 32.1 Å². The molecule has 0 saturated heterocycles. The van der Waals surface area contributed by atoms with Crippen LogP contribution in [0.1, 0.15) is 58.8 Å². The van der Waals surface area contributed by atoms with Gasteiger partial charge in [0.05, 0.1) is 12.7 Å². The molecular weight excluding hydrogens is 226 g/mol. The molecule has 1 aliphatic carbocycles. The molecule has 2 N–H and O–H groups in total. The van der Waals surface area contributed by atoms with Gasteiger partial charge in [0.15, 0.2) is 0 Å². The van der Waals surface area contributed by atoms with Gasteiger partial charge in [0.1, 0.15) is 0 Å². The number of aliphatic hydroxyl groups excluding tert-OH is 1. The van der Waals surface area contributed by atoms with Gasteiger partial charge in [0, 0.05) is 12.6 Å². The van der Waals surface area contributed by atoms with Crippen molar-refractivity contribution < 1.29 is 9.84 Å². The molecule has 1 fully saturated rings. The molecule has 0 radical (unpaired) electrons. The second-order valence-corrected chi connectivity index (χ2v) is 5.48. The summed E-state index contributed by atoms with van der Waals surface area (Å²) in [6.45, 7) is 6.39. The lowest BCUT2D eigenvalue weighted by molar-refractivity contribution is -0.0170. The van der Waals surface area contributed by atoms with Gasteiger partial charge in [0.25, 0.3) is 0 Å². The minimum Gasteiger partial charge on any atom is -0.395 e. The van der Waals surface area contributed by atoms with Gasteiger partial charge >= 0.3 is 0 Å². The molecule has 1 rings (SSSR count). The van der Waals surface area contributed by atoms with E-state index in [1.807, 2.05) is 0 Å². The van der Waals surface area contributed by atoms with Crippen molar-refractivity contribution in [3.63, 3.8) is 0 Å². The van der Waals surface area contributed by atoms with Crippen molar-refractivity contribution in [2.24, 2.45) is 5.92 Å². The first-order chi connectivity index (χ1) is 8.81. The average molecular weight is 257 g/mol. The Morgan fingerprint density at radius 2 is 2.06 bits per heavy atom. The van der Waals surface area contributed by atoms with E-state index in [9.17, 15) is 5.11 Å². The lowest BCUT2D eigenvalue weighted by Gasteiger charge is -2.31. The van der Waals surface area contributed by atoms with E-state index < -0.39 is 0 Å². The van der Waals surface area contributed by atoms with Gasteiger partial charge in [-0.05, 0) is 38.1 Å². The zero-order valence-electron chi connectivity index (χ0n) is 12.2. The Labute approximate surface area is 112 Å². The SMILES string of the molecule is CCCNC(CO)CCOC1CCCCC1CC. The van der Waals surface area contributed by atoms with Crippen LogP contribution in [-0.4, -0.2) is 37.0 Å². The number of hydrogen-bond donors (Lipinski definition) is 2. The third-order valence-corrected chi connectivity index (χ3v) is 4.07. The maximum absolute atomic E-state index is 9.27. The van der Waals surface area contributed by atoms with Crippen LogP contribution in [0, 0.1) is 5.92 Å². The van der Waals surface area contributed by atoms with Crippen LogP contribution in [-0.2, 0) is 4.74 Å². The van der Waals surface area contributed by atoms with Gasteiger partial charge in [-0.15, -0.1) is 0 Å². The molecule has 18 heavy (non-hydrogen) atoms. The van der Waals surface area contributed by atoms with Gasteiger partial charge in [-0.2, -0.15) is 0 Å². The lowest BCUT2D eigenvalue weighted by atomic mass is 9.85. The topological polar surface area (TPSA) is 41.5 Å². The Hall–Kier alpha value is -0.120. The van der Waals surface area contributed by atoms with Crippen molar-refractivity contribution in [1.29, 1.82) is 0 Å². The maximum atomic E-state index is 9.27. The van der Waals surface area contributed by atoms with Gasteiger partial charge < -0.3 is 15.2 Å². The standard InChI is InChI=1S/C15H31NO2/c1-3-10-16-14(12-17)9-11-18-15-8-6-5-7-13(15)4-2/h13-17H,3-12H2,1-2H3. The molecule has 0 bridgehead atoms. The molecule has 0 aromatic carbocycles. The van der Waals surface area contributed by atoms with Crippen molar-refractivity contribution >= 4 is 0 Å². The fourth-order valence-corrected chi connectivity index (χ4v) is 2.83. The number of hydrogen-bond acceptors (Lipinski definition) is 3. The summed E-state index contributed by atoms with van der Waals surface area (Å²) in [4.78, 5) is 0. The average Bonchev–Trinajstić information content (AvgIpc) is 2.43. The molecule has 1 saturated carbocycles.